The van der Waals surface area contributed by atoms with Crippen molar-refractivity contribution < 1.29 is 9.18 Å². The number of rotatable bonds is 4. The monoisotopic (exact) mass is 337 g/mol. The number of anilines is 1. The van der Waals surface area contributed by atoms with Crippen LogP contribution in [0.2, 0.25) is 5.02 Å². The van der Waals surface area contributed by atoms with E-state index in [1.165, 1.54) is 35.5 Å². The summed E-state index contributed by atoms with van der Waals surface area (Å²) in [7, 11) is 0. The summed E-state index contributed by atoms with van der Waals surface area (Å²) in [5.41, 5.74) is 2.75. The van der Waals surface area contributed by atoms with Gasteiger partial charge in [-0.15, -0.1) is 11.8 Å². The van der Waals surface area contributed by atoms with Crippen LogP contribution < -0.4 is 5.32 Å². The number of hydrogen-bond donors (Lipinski definition) is 1. The summed E-state index contributed by atoms with van der Waals surface area (Å²) < 4.78 is 13.0. The van der Waals surface area contributed by atoms with Gasteiger partial charge in [-0.2, -0.15) is 0 Å². The van der Waals surface area contributed by atoms with Gasteiger partial charge < -0.3 is 5.32 Å². The maximum atomic E-state index is 13.0. The zero-order valence-electron chi connectivity index (χ0n) is 12.6. The summed E-state index contributed by atoms with van der Waals surface area (Å²) in [6.45, 7) is 5.89. The van der Waals surface area contributed by atoms with Crippen molar-refractivity contribution in [1.29, 1.82) is 0 Å². The SMILES string of the molecule is Cc1ccc(S[C@H](C)C(=O)Nc2ccc(F)cc2Cl)c(C)c1. The van der Waals surface area contributed by atoms with E-state index in [9.17, 15) is 9.18 Å². The highest BCUT2D eigenvalue weighted by Gasteiger charge is 2.16. The molecule has 0 saturated carbocycles. The predicted octanol–water partition coefficient (Wildman–Crippen LogP) is 5.22. The molecule has 0 radical (unpaired) electrons. The highest BCUT2D eigenvalue weighted by Crippen LogP contribution is 2.29. The smallest absolute Gasteiger partial charge is 0.237 e. The molecule has 0 aliphatic carbocycles. The summed E-state index contributed by atoms with van der Waals surface area (Å²) in [5, 5.41) is 2.63. The fraction of sp³-hybridized carbons (Fsp3) is 0.235. The summed E-state index contributed by atoms with van der Waals surface area (Å²) in [6.07, 6.45) is 0. The first-order valence-electron chi connectivity index (χ1n) is 6.86. The van der Waals surface area contributed by atoms with Gasteiger partial charge in [-0.3, -0.25) is 4.79 Å². The number of amides is 1. The van der Waals surface area contributed by atoms with Crippen LogP contribution in [0, 0.1) is 19.7 Å². The van der Waals surface area contributed by atoms with E-state index in [-0.39, 0.29) is 16.2 Å². The lowest BCUT2D eigenvalue weighted by molar-refractivity contribution is -0.115. The Hall–Kier alpha value is -1.52. The first-order valence-corrected chi connectivity index (χ1v) is 8.12. The Morgan fingerprint density at radius 2 is 1.95 bits per heavy atom. The molecule has 1 atom stereocenters. The molecule has 0 saturated heterocycles. The molecule has 1 N–H and O–H groups in total. The van der Waals surface area contributed by atoms with Crippen molar-refractivity contribution >= 4 is 35.0 Å². The predicted molar refractivity (Wildman–Crippen MR) is 91.3 cm³/mol. The van der Waals surface area contributed by atoms with Gasteiger partial charge in [0.15, 0.2) is 0 Å². The van der Waals surface area contributed by atoms with E-state index in [0.717, 1.165) is 10.5 Å². The zero-order valence-corrected chi connectivity index (χ0v) is 14.2. The van der Waals surface area contributed by atoms with E-state index >= 15 is 0 Å². The second-order valence-corrected chi connectivity index (χ2v) is 6.93. The van der Waals surface area contributed by atoms with Gasteiger partial charge in [0.05, 0.1) is 16.0 Å². The molecule has 116 valence electrons. The number of carbonyl (C=O) groups is 1. The Morgan fingerprint density at radius 1 is 1.23 bits per heavy atom. The van der Waals surface area contributed by atoms with E-state index in [4.69, 9.17) is 11.6 Å². The molecule has 1 amide bonds. The molecule has 0 fully saturated rings. The molecule has 2 rings (SSSR count). The van der Waals surface area contributed by atoms with Crippen molar-refractivity contribution in [3.63, 3.8) is 0 Å². The van der Waals surface area contributed by atoms with E-state index in [1.807, 2.05) is 32.9 Å². The number of nitrogens with one attached hydrogen (secondary N) is 1. The van der Waals surface area contributed by atoms with Crippen LogP contribution in [0.15, 0.2) is 41.3 Å². The molecule has 2 aromatic rings. The molecule has 22 heavy (non-hydrogen) atoms. The minimum absolute atomic E-state index is 0.168. The van der Waals surface area contributed by atoms with Gasteiger partial charge >= 0.3 is 0 Å². The Kier molecular flexibility index (Phi) is 5.48. The summed E-state index contributed by atoms with van der Waals surface area (Å²) >= 11 is 7.41. The quantitative estimate of drug-likeness (QED) is 0.775. The van der Waals surface area contributed by atoms with Crippen molar-refractivity contribution in [2.45, 2.75) is 30.9 Å². The number of halogens is 2. The fourth-order valence-corrected chi connectivity index (χ4v) is 3.15. The van der Waals surface area contributed by atoms with Gasteiger partial charge in [0.25, 0.3) is 0 Å². The van der Waals surface area contributed by atoms with Crippen molar-refractivity contribution in [2.75, 3.05) is 5.32 Å². The number of hydrogen-bond acceptors (Lipinski definition) is 2. The van der Waals surface area contributed by atoms with Crippen LogP contribution in [-0.4, -0.2) is 11.2 Å². The molecule has 0 unspecified atom stereocenters. The Labute approximate surface area is 139 Å². The zero-order chi connectivity index (χ0) is 16.3. The maximum Gasteiger partial charge on any atom is 0.237 e. The van der Waals surface area contributed by atoms with Crippen LogP contribution in [0.4, 0.5) is 10.1 Å². The van der Waals surface area contributed by atoms with Crippen molar-refractivity contribution in [2.24, 2.45) is 0 Å². The van der Waals surface area contributed by atoms with E-state index < -0.39 is 5.82 Å². The summed E-state index contributed by atoms with van der Waals surface area (Å²) in [4.78, 5) is 13.3. The molecule has 2 nitrogen and oxygen atoms in total. The summed E-state index contributed by atoms with van der Waals surface area (Å²) in [5.74, 6) is -0.598. The molecule has 0 aromatic heterocycles. The Morgan fingerprint density at radius 3 is 2.59 bits per heavy atom. The standard InChI is InChI=1S/C17H17ClFNOS/c1-10-4-7-16(11(2)8-10)22-12(3)17(21)20-15-6-5-13(19)9-14(15)18/h4-9,12H,1-3H3,(H,20,21)/t12-/m1/s1. The molecule has 2 aromatic carbocycles. The van der Waals surface area contributed by atoms with Gasteiger partial charge in [-0.25, -0.2) is 4.39 Å². The topological polar surface area (TPSA) is 29.1 Å². The normalized spacial score (nSPS) is 12.0. The Bertz CT molecular complexity index is 705. The molecule has 0 bridgehead atoms. The van der Waals surface area contributed by atoms with E-state index in [2.05, 4.69) is 11.4 Å². The largest absolute Gasteiger partial charge is 0.324 e. The first kappa shape index (κ1) is 16.8. The van der Waals surface area contributed by atoms with Crippen molar-refractivity contribution in [3.8, 4) is 0 Å². The van der Waals surface area contributed by atoms with Crippen molar-refractivity contribution in [3.05, 3.63) is 58.4 Å². The van der Waals surface area contributed by atoms with Gasteiger partial charge in [-0.1, -0.05) is 29.3 Å². The number of benzene rings is 2. The molecule has 0 heterocycles. The van der Waals surface area contributed by atoms with Crippen LogP contribution in [0.25, 0.3) is 0 Å². The molecule has 0 aliphatic rings. The number of aryl methyl sites for hydroxylation is 2. The lowest BCUT2D eigenvalue weighted by Crippen LogP contribution is -2.22. The van der Waals surface area contributed by atoms with E-state index in [1.54, 1.807) is 0 Å². The highest BCUT2D eigenvalue weighted by atomic mass is 35.5. The van der Waals surface area contributed by atoms with Gasteiger partial charge in [0, 0.05) is 4.90 Å². The van der Waals surface area contributed by atoms with Crippen LogP contribution >= 0.6 is 23.4 Å². The molecule has 0 aliphatic heterocycles. The van der Waals surface area contributed by atoms with Crippen LogP contribution in [0.1, 0.15) is 18.1 Å². The second-order valence-electron chi connectivity index (χ2n) is 5.14. The van der Waals surface area contributed by atoms with Crippen LogP contribution in [0.3, 0.4) is 0 Å². The molecule has 0 spiro atoms. The Balaban J connectivity index is 2.05. The minimum atomic E-state index is -0.430. The van der Waals surface area contributed by atoms with Gasteiger partial charge in [0.2, 0.25) is 5.91 Å². The average molecular weight is 338 g/mol. The second kappa shape index (κ2) is 7.16. The molecular formula is C17H17ClFNOS. The van der Waals surface area contributed by atoms with Crippen LogP contribution in [0.5, 0.6) is 0 Å². The van der Waals surface area contributed by atoms with Gasteiger partial charge in [-0.05, 0) is 50.6 Å². The first-order chi connectivity index (χ1) is 10.4. The average Bonchev–Trinajstić information content (AvgIpc) is 2.44. The van der Waals surface area contributed by atoms with Gasteiger partial charge in [0.1, 0.15) is 5.82 Å². The number of carbonyl (C=O) groups excluding carboxylic acids is 1. The van der Waals surface area contributed by atoms with Crippen molar-refractivity contribution in [1.82, 2.24) is 0 Å². The van der Waals surface area contributed by atoms with Crippen LogP contribution in [-0.2, 0) is 4.79 Å². The fourth-order valence-electron chi connectivity index (χ4n) is 2.00. The lowest BCUT2D eigenvalue weighted by Gasteiger charge is -2.14. The summed E-state index contributed by atoms with van der Waals surface area (Å²) in [6, 6.07) is 10.0. The highest BCUT2D eigenvalue weighted by molar-refractivity contribution is 8.00. The maximum absolute atomic E-state index is 13.0. The lowest BCUT2D eigenvalue weighted by atomic mass is 10.2. The molecular weight excluding hydrogens is 321 g/mol. The third kappa shape index (κ3) is 4.24. The third-order valence-electron chi connectivity index (χ3n) is 3.19. The third-order valence-corrected chi connectivity index (χ3v) is 4.78. The minimum Gasteiger partial charge on any atom is -0.324 e. The number of thioether (sulfide) groups is 1. The molecule has 5 heteroatoms. The van der Waals surface area contributed by atoms with E-state index in [0.29, 0.717) is 5.69 Å².